The molecule has 4 heteroatoms. The summed E-state index contributed by atoms with van der Waals surface area (Å²) in [6, 6.07) is 5.94. The van der Waals surface area contributed by atoms with E-state index in [4.69, 9.17) is 10.5 Å². The number of ether oxygens (including phenoxy) is 1. The fraction of sp³-hybridized carbons (Fsp3) is 0.538. The van der Waals surface area contributed by atoms with Gasteiger partial charge in [0.1, 0.15) is 0 Å². The Kier molecular flexibility index (Phi) is 3.54. The van der Waals surface area contributed by atoms with E-state index in [0.29, 0.717) is 6.54 Å². The second-order valence-corrected chi connectivity index (χ2v) is 4.65. The molecule has 4 nitrogen and oxygen atoms in total. The van der Waals surface area contributed by atoms with Gasteiger partial charge in [0, 0.05) is 24.5 Å². The zero-order chi connectivity index (χ0) is 12.4. The van der Waals surface area contributed by atoms with Gasteiger partial charge in [0.2, 0.25) is 0 Å². The lowest BCUT2D eigenvalue weighted by Crippen LogP contribution is -2.48. The molecule has 0 aromatic heterocycles. The van der Waals surface area contributed by atoms with Crippen molar-refractivity contribution in [3.8, 4) is 0 Å². The number of nitrogens with zero attached hydrogens (tertiary/aromatic N) is 1. The zero-order valence-corrected chi connectivity index (χ0v) is 10.4. The predicted molar refractivity (Wildman–Crippen MR) is 69.2 cm³/mol. The average molecular weight is 236 g/mol. The van der Waals surface area contributed by atoms with Crippen molar-refractivity contribution in [3.63, 3.8) is 0 Å². The maximum absolute atomic E-state index is 9.22. The molecule has 1 aliphatic rings. The van der Waals surface area contributed by atoms with Gasteiger partial charge >= 0.3 is 0 Å². The molecule has 1 fully saturated rings. The first-order valence-corrected chi connectivity index (χ1v) is 5.98. The van der Waals surface area contributed by atoms with Crippen LogP contribution in [-0.4, -0.2) is 37.0 Å². The minimum Gasteiger partial charge on any atom is -0.398 e. The number of morpholine rings is 1. The van der Waals surface area contributed by atoms with E-state index < -0.39 is 0 Å². The Hall–Kier alpha value is -1.26. The first kappa shape index (κ1) is 12.2. The van der Waals surface area contributed by atoms with E-state index in [0.717, 1.165) is 23.5 Å². The zero-order valence-electron chi connectivity index (χ0n) is 10.4. The van der Waals surface area contributed by atoms with Crippen molar-refractivity contribution in [2.75, 3.05) is 30.3 Å². The fourth-order valence-electron chi connectivity index (χ4n) is 2.33. The van der Waals surface area contributed by atoms with Crippen molar-refractivity contribution >= 4 is 11.4 Å². The summed E-state index contributed by atoms with van der Waals surface area (Å²) >= 11 is 0. The highest BCUT2D eigenvalue weighted by Gasteiger charge is 2.25. The Labute approximate surface area is 102 Å². The molecule has 2 rings (SSSR count). The van der Waals surface area contributed by atoms with Crippen molar-refractivity contribution in [2.45, 2.75) is 26.1 Å². The quantitative estimate of drug-likeness (QED) is 0.757. The molecule has 0 radical (unpaired) electrons. The monoisotopic (exact) mass is 236 g/mol. The number of benzene rings is 1. The molecular formula is C13H20N2O2. The SMILES string of the molecule is Cc1c(N)cccc1N1CC(C)OC(CO)C1. The highest BCUT2D eigenvalue weighted by molar-refractivity contribution is 5.64. The lowest BCUT2D eigenvalue weighted by atomic mass is 10.1. The van der Waals surface area contributed by atoms with E-state index in [1.165, 1.54) is 0 Å². The molecule has 0 saturated carbocycles. The molecule has 1 heterocycles. The average Bonchev–Trinajstić information content (AvgIpc) is 2.31. The van der Waals surface area contributed by atoms with Crippen LogP contribution in [0.3, 0.4) is 0 Å². The Morgan fingerprint density at radius 2 is 2.24 bits per heavy atom. The number of aliphatic hydroxyl groups is 1. The molecule has 1 aromatic rings. The van der Waals surface area contributed by atoms with Crippen LogP contribution in [0.15, 0.2) is 18.2 Å². The summed E-state index contributed by atoms with van der Waals surface area (Å²) in [4.78, 5) is 2.24. The molecule has 1 aliphatic heterocycles. The molecule has 1 saturated heterocycles. The van der Waals surface area contributed by atoms with Crippen molar-refractivity contribution in [2.24, 2.45) is 0 Å². The number of nitrogen functional groups attached to an aromatic ring is 1. The third kappa shape index (κ3) is 2.53. The van der Waals surface area contributed by atoms with E-state index >= 15 is 0 Å². The second-order valence-electron chi connectivity index (χ2n) is 4.65. The maximum Gasteiger partial charge on any atom is 0.0984 e. The number of nitrogens with two attached hydrogens (primary N) is 1. The van der Waals surface area contributed by atoms with Crippen molar-refractivity contribution in [1.29, 1.82) is 0 Å². The van der Waals surface area contributed by atoms with Crippen molar-refractivity contribution in [1.82, 2.24) is 0 Å². The molecule has 1 aromatic carbocycles. The van der Waals surface area contributed by atoms with Crippen LogP contribution in [0.25, 0.3) is 0 Å². The Morgan fingerprint density at radius 1 is 1.47 bits per heavy atom. The van der Waals surface area contributed by atoms with Crippen LogP contribution in [0.2, 0.25) is 0 Å². The molecule has 0 aliphatic carbocycles. The maximum atomic E-state index is 9.22. The Balaban J connectivity index is 2.23. The van der Waals surface area contributed by atoms with Crippen LogP contribution in [0.1, 0.15) is 12.5 Å². The standard InChI is InChI=1S/C13H20N2O2/c1-9-6-15(7-11(8-16)17-9)13-5-3-4-12(14)10(13)2/h3-5,9,11,16H,6-8,14H2,1-2H3. The molecule has 94 valence electrons. The lowest BCUT2D eigenvalue weighted by molar-refractivity contribution is -0.0421. The van der Waals surface area contributed by atoms with Crippen LogP contribution in [0.5, 0.6) is 0 Å². The molecule has 0 bridgehead atoms. The minimum atomic E-state index is -0.111. The molecule has 3 N–H and O–H groups in total. The van der Waals surface area contributed by atoms with Gasteiger partial charge in [-0.3, -0.25) is 0 Å². The summed E-state index contributed by atoms with van der Waals surface area (Å²) in [7, 11) is 0. The number of hydrogen-bond acceptors (Lipinski definition) is 4. The van der Waals surface area contributed by atoms with E-state index in [1.807, 2.05) is 26.0 Å². The number of anilines is 2. The van der Waals surface area contributed by atoms with E-state index in [2.05, 4.69) is 11.0 Å². The normalized spacial score (nSPS) is 25.0. The van der Waals surface area contributed by atoms with E-state index in [1.54, 1.807) is 0 Å². The number of rotatable bonds is 2. The predicted octanol–water partition coefficient (Wildman–Crippen LogP) is 1.16. The third-order valence-corrected chi connectivity index (χ3v) is 3.22. The molecule has 2 atom stereocenters. The molecular weight excluding hydrogens is 216 g/mol. The summed E-state index contributed by atoms with van der Waals surface area (Å²) in [6.07, 6.45) is 0.0151. The first-order valence-electron chi connectivity index (χ1n) is 5.98. The summed E-state index contributed by atoms with van der Waals surface area (Å²) in [5.74, 6) is 0. The van der Waals surface area contributed by atoms with Crippen molar-refractivity contribution < 1.29 is 9.84 Å². The van der Waals surface area contributed by atoms with Gasteiger partial charge in [0.25, 0.3) is 0 Å². The van der Waals surface area contributed by atoms with E-state index in [9.17, 15) is 5.11 Å². The fourth-order valence-corrected chi connectivity index (χ4v) is 2.33. The lowest BCUT2D eigenvalue weighted by Gasteiger charge is -2.38. The molecule has 2 unspecified atom stereocenters. The van der Waals surface area contributed by atoms with Gasteiger partial charge in [-0.05, 0) is 31.5 Å². The number of hydrogen-bond donors (Lipinski definition) is 2. The third-order valence-electron chi connectivity index (χ3n) is 3.22. The Morgan fingerprint density at radius 3 is 2.94 bits per heavy atom. The molecule has 0 spiro atoms. The van der Waals surface area contributed by atoms with Gasteiger partial charge in [0.05, 0.1) is 18.8 Å². The van der Waals surface area contributed by atoms with Crippen LogP contribution in [0.4, 0.5) is 11.4 Å². The highest BCUT2D eigenvalue weighted by atomic mass is 16.5. The smallest absolute Gasteiger partial charge is 0.0984 e. The highest BCUT2D eigenvalue weighted by Crippen LogP contribution is 2.27. The van der Waals surface area contributed by atoms with Crippen LogP contribution in [0, 0.1) is 6.92 Å². The van der Waals surface area contributed by atoms with Crippen LogP contribution in [-0.2, 0) is 4.74 Å². The Bertz CT molecular complexity index is 395. The summed E-state index contributed by atoms with van der Waals surface area (Å²) in [6.45, 7) is 5.66. The first-order chi connectivity index (χ1) is 8.11. The topological polar surface area (TPSA) is 58.7 Å². The van der Waals surface area contributed by atoms with Gasteiger partial charge < -0.3 is 20.5 Å². The van der Waals surface area contributed by atoms with Gasteiger partial charge in [0.15, 0.2) is 0 Å². The minimum absolute atomic E-state index is 0.0577. The number of aliphatic hydroxyl groups excluding tert-OH is 1. The summed E-state index contributed by atoms with van der Waals surface area (Å²) in [5, 5.41) is 9.22. The van der Waals surface area contributed by atoms with Gasteiger partial charge in [-0.25, -0.2) is 0 Å². The summed E-state index contributed by atoms with van der Waals surface area (Å²) in [5.41, 5.74) is 8.96. The molecule has 0 amide bonds. The van der Waals surface area contributed by atoms with Crippen LogP contribution >= 0.6 is 0 Å². The van der Waals surface area contributed by atoms with Crippen LogP contribution < -0.4 is 10.6 Å². The van der Waals surface area contributed by atoms with Gasteiger partial charge in [-0.2, -0.15) is 0 Å². The van der Waals surface area contributed by atoms with Gasteiger partial charge in [-0.15, -0.1) is 0 Å². The molecule has 17 heavy (non-hydrogen) atoms. The van der Waals surface area contributed by atoms with E-state index in [-0.39, 0.29) is 18.8 Å². The second kappa shape index (κ2) is 4.94. The van der Waals surface area contributed by atoms with Crippen molar-refractivity contribution in [3.05, 3.63) is 23.8 Å². The largest absolute Gasteiger partial charge is 0.398 e. The summed E-state index contributed by atoms with van der Waals surface area (Å²) < 4.78 is 5.63. The van der Waals surface area contributed by atoms with Gasteiger partial charge in [-0.1, -0.05) is 6.07 Å².